The standard InChI is InChI=1S/C29H27FN4/c1-34(2)22-31-28(32-27-20-18-26(30)19-21-27)33-29(23-12-6-3-7-13-23,24-14-8-4-9-15-24)25-16-10-5-11-17-25/h3-22H,1-2H3,(H,32,33)/b31-22+. The van der Waals surface area contributed by atoms with Crippen molar-refractivity contribution in [3.63, 3.8) is 0 Å². The Morgan fingerprint density at radius 1 is 0.706 bits per heavy atom. The van der Waals surface area contributed by atoms with E-state index in [0.717, 1.165) is 16.7 Å². The van der Waals surface area contributed by atoms with Crippen LogP contribution in [0.2, 0.25) is 0 Å². The number of hydrogen-bond acceptors (Lipinski definition) is 1. The third-order valence-corrected chi connectivity index (χ3v) is 5.36. The number of halogens is 1. The normalized spacial score (nSPS) is 12.0. The van der Waals surface area contributed by atoms with Crippen molar-refractivity contribution in [1.82, 2.24) is 4.90 Å². The van der Waals surface area contributed by atoms with Gasteiger partial charge in [-0.2, -0.15) is 0 Å². The van der Waals surface area contributed by atoms with Crippen molar-refractivity contribution in [2.45, 2.75) is 5.54 Å². The van der Waals surface area contributed by atoms with Crippen LogP contribution >= 0.6 is 0 Å². The first-order valence-electron chi connectivity index (χ1n) is 11.1. The molecule has 0 amide bonds. The molecular weight excluding hydrogens is 423 g/mol. The maximum atomic E-state index is 13.5. The second-order valence-corrected chi connectivity index (χ2v) is 8.08. The van der Waals surface area contributed by atoms with Gasteiger partial charge in [0.2, 0.25) is 5.96 Å². The molecule has 0 unspecified atom stereocenters. The maximum Gasteiger partial charge on any atom is 0.225 e. The van der Waals surface area contributed by atoms with E-state index in [-0.39, 0.29) is 5.82 Å². The molecule has 5 heteroatoms. The fourth-order valence-electron chi connectivity index (χ4n) is 3.81. The number of nitrogens with one attached hydrogen (secondary N) is 1. The van der Waals surface area contributed by atoms with Gasteiger partial charge in [-0.15, -0.1) is 0 Å². The lowest BCUT2D eigenvalue weighted by Crippen LogP contribution is -2.30. The minimum atomic E-state index is -0.865. The van der Waals surface area contributed by atoms with E-state index in [1.54, 1.807) is 18.5 Å². The van der Waals surface area contributed by atoms with Gasteiger partial charge < -0.3 is 10.2 Å². The first-order valence-corrected chi connectivity index (χ1v) is 11.1. The summed E-state index contributed by atoms with van der Waals surface area (Å²) in [5.41, 5.74) is 2.84. The molecule has 0 saturated heterocycles. The van der Waals surface area contributed by atoms with Gasteiger partial charge in [0.1, 0.15) is 11.4 Å². The molecule has 0 aliphatic carbocycles. The van der Waals surface area contributed by atoms with E-state index in [9.17, 15) is 4.39 Å². The van der Waals surface area contributed by atoms with Gasteiger partial charge in [0.15, 0.2) is 0 Å². The number of rotatable bonds is 6. The van der Waals surface area contributed by atoms with Gasteiger partial charge in [-0.1, -0.05) is 91.0 Å². The summed E-state index contributed by atoms with van der Waals surface area (Å²) in [6.07, 6.45) is 1.70. The first kappa shape index (κ1) is 22.9. The third-order valence-electron chi connectivity index (χ3n) is 5.36. The van der Waals surface area contributed by atoms with Crippen molar-refractivity contribution in [3.05, 3.63) is 138 Å². The Balaban J connectivity index is 1.99. The van der Waals surface area contributed by atoms with E-state index in [4.69, 9.17) is 4.99 Å². The van der Waals surface area contributed by atoms with Crippen LogP contribution in [0.5, 0.6) is 0 Å². The lowest BCUT2D eigenvalue weighted by Gasteiger charge is -2.32. The van der Waals surface area contributed by atoms with Crippen LogP contribution in [0, 0.1) is 5.82 Å². The summed E-state index contributed by atoms with van der Waals surface area (Å²) < 4.78 is 13.5. The molecule has 0 spiro atoms. The molecule has 0 bridgehead atoms. The molecule has 0 aliphatic heterocycles. The van der Waals surface area contributed by atoms with Crippen LogP contribution in [0.3, 0.4) is 0 Å². The highest BCUT2D eigenvalue weighted by atomic mass is 19.1. The molecule has 34 heavy (non-hydrogen) atoms. The second kappa shape index (κ2) is 10.6. The van der Waals surface area contributed by atoms with Crippen LogP contribution in [0.1, 0.15) is 16.7 Å². The average molecular weight is 451 g/mol. The topological polar surface area (TPSA) is 40.0 Å². The second-order valence-electron chi connectivity index (χ2n) is 8.08. The predicted octanol–water partition coefficient (Wildman–Crippen LogP) is 6.18. The van der Waals surface area contributed by atoms with Gasteiger partial charge >= 0.3 is 0 Å². The van der Waals surface area contributed by atoms with Gasteiger partial charge in [-0.05, 0) is 41.0 Å². The minimum absolute atomic E-state index is 0.298. The predicted molar refractivity (Wildman–Crippen MR) is 139 cm³/mol. The number of anilines is 1. The Morgan fingerprint density at radius 3 is 1.56 bits per heavy atom. The van der Waals surface area contributed by atoms with Crippen molar-refractivity contribution in [2.24, 2.45) is 9.98 Å². The average Bonchev–Trinajstić information content (AvgIpc) is 2.88. The van der Waals surface area contributed by atoms with Gasteiger partial charge in [0, 0.05) is 19.8 Å². The number of aliphatic imine (C=N–C) groups is 2. The Labute approximate surface area is 200 Å². The Hall–Kier alpha value is -4.25. The molecule has 4 nitrogen and oxygen atoms in total. The summed E-state index contributed by atoms with van der Waals surface area (Å²) in [6.45, 7) is 0. The van der Waals surface area contributed by atoms with E-state index >= 15 is 0 Å². The Morgan fingerprint density at radius 2 is 1.15 bits per heavy atom. The van der Waals surface area contributed by atoms with Crippen LogP contribution in [-0.4, -0.2) is 31.3 Å². The summed E-state index contributed by atoms with van der Waals surface area (Å²) in [6, 6.07) is 36.7. The third kappa shape index (κ3) is 5.21. The van der Waals surface area contributed by atoms with E-state index in [1.807, 2.05) is 73.6 Å². The monoisotopic (exact) mass is 450 g/mol. The van der Waals surface area contributed by atoms with E-state index in [2.05, 4.69) is 46.7 Å². The minimum Gasteiger partial charge on any atom is -0.369 e. The quantitative estimate of drug-likeness (QED) is 0.217. The van der Waals surface area contributed by atoms with Crippen molar-refractivity contribution in [1.29, 1.82) is 0 Å². The van der Waals surface area contributed by atoms with Crippen LogP contribution < -0.4 is 5.32 Å². The van der Waals surface area contributed by atoms with Gasteiger partial charge in [0.05, 0.1) is 6.34 Å². The van der Waals surface area contributed by atoms with Crippen molar-refractivity contribution < 1.29 is 4.39 Å². The Bertz CT molecular complexity index is 1140. The molecule has 0 radical (unpaired) electrons. The molecule has 0 heterocycles. The van der Waals surface area contributed by atoms with E-state index in [0.29, 0.717) is 11.6 Å². The van der Waals surface area contributed by atoms with Crippen LogP contribution in [-0.2, 0) is 5.54 Å². The molecule has 0 aliphatic rings. The zero-order valence-electron chi connectivity index (χ0n) is 19.3. The highest BCUT2D eigenvalue weighted by Crippen LogP contribution is 2.40. The summed E-state index contributed by atoms with van der Waals surface area (Å²) in [5.74, 6) is 0.102. The van der Waals surface area contributed by atoms with Gasteiger partial charge in [-0.3, -0.25) is 0 Å². The highest BCUT2D eigenvalue weighted by molar-refractivity contribution is 5.98. The molecule has 4 aromatic rings. The zero-order chi connectivity index (χ0) is 23.8. The maximum absolute atomic E-state index is 13.5. The van der Waals surface area contributed by atoms with E-state index in [1.165, 1.54) is 12.1 Å². The summed E-state index contributed by atoms with van der Waals surface area (Å²) in [5, 5.41) is 3.28. The molecule has 1 N–H and O–H groups in total. The van der Waals surface area contributed by atoms with Crippen molar-refractivity contribution in [3.8, 4) is 0 Å². The van der Waals surface area contributed by atoms with Gasteiger partial charge in [-0.25, -0.2) is 14.4 Å². The van der Waals surface area contributed by atoms with Crippen LogP contribution in [0.25, 0.3) is 0 Å². The fourth-order valence-corrected chi connectivity index (χ4v) is 3.81. The summed E-state index contributed by atoms with van der Waals surface area (Å²) >= 11 is 0. The van der Waals surface area contributed by atoms with Crippen LogP contribution in [0.15, 0.2) is 125 Å². The highest BCUT2D eigenvalue weighted by Gasteiger charge is 2.36. The van der Waals surface area contributed by atoms with Crippen molar-refractivity contribution >= 4 is 18.0 Å². The molecule has 0 fully saturated rings. The summed E-state index contributed by atoms with van der Waals surface area (Å²) in [7, 11) is 3.80. The molecule has 4 aromatic carbocycles. The molecule has 0 atom stereocenters. The largest absolute Gasteiger partial charge is 0.369 e. The van der Waals surface area contributed by atoms with Gasteiger partial charge in [0.25, 0.3) is 0 Å². The van der Waals surface area contributed by atoms with Crippen molar-refractivity contribution in [2.75, 3.05) is 19.4 Å². The lowest BCUT2D eigenvalue weighted by atomic mass is 9.77. The van der Waals surface area contributed by atoms with Crippen LogP contribution in [0.4, 0.5) is 10.1 Å². The molecule has 170 valence electrons. The lowest BCUT2D eigenvalue weighted by molar-refractivity contribution is 0.628. The molecule has 4 rings (SSSR count). The first-order chi connectivity index (χ1) is 16.6. The Kier molecular flexibility index (Phi) is 7.13. The molecule has 0 aromatic heterocycles. The fraction of sp³-hybridized carbons (Fsp3) is 0.103. The van der Waals surface area contributed by atoms with E-state index < -0.39 is 5.54 Å². The zero-order valence-corrected chi connectivity index (χ0v) is 19.3. The molecular formula is C29H27FN4. The smallest absolute Gasteiger partial charge is 0.225 e. The number of nitrogens with zero attached hydrogens (tertiary/aromatic N) is 3. The SMILES string of the molecule is CN(C)/C=N/C(=NC(c1ccccc1)(c1ccccc1)c1ccccc1)Nc1ccc(F)cc1. The molecule has 0 saturated carbocycles. The number of hydrogen-bond donors (Lipinski definition) is 1. The number of guanidine groups is 1. The summed E-state index contributed by atoms with van der Waals surface area (Å²) in [4.78, 5) is 11.8. The number of benzene rings is 4.